The second kappa shape index (κ2) is 10.6. The van der Waals surface area contributed by atoms with Gasteiger partial charge in [0.15, 0.2) is 0 Å². The lowest BCUT2D eigenvalue weighted by atomic mass is 9.91. The molecule has 9 heteroatoms. The molecule has 33 heavy (non-hydrogen) atoms. The highest BCUT2D eigenvalue weighted by Gasteiger charge is 2.29. The number of halogens is 1. The van der Waals surface area contributed by atoms with E-state index in [9.17, 15) is 9.18 Å². The van der Waals surface area contributed by atoms with E-state index >= 15 is 0 Å². The number of likely N-dealkylation sites (tertiary alicyclic amines) is 1. The zero-order valence-electron chi connectivity index (χ0n) is 18.9. The first-order valence-electron chi connectivity index (χ1n) is 11.5. The quantitative estimate of drug-likeness (QED) is 0.533. The van der Waals surface area contributed by atoms with Gasteiger partial charge >= 0.3 is 6.03 Å². The number of nitrogens with one attached hydrogen (secondary N) is 2. The fourth-order valence-electron chi connectivity index (χ4n) is 4.40. The Labute approximate surface area is 193 Å². The van der Waals surface area contributed by atoms with Gasteiger partial charge in [-0.1, -0.05) is 24.3 Å². The van der Waals surface area contributed by atoms with Gasteiger partial charge in [-0.3, -0.25) is 0 Å². The van der Waals surface area contributed by atoms with Gasteiger partial charge in [0.2, 0.25) is 5.66 Å². The Bertz CT molecular complexity index is 996. The Morgan fingerprint density at radius 2 is 1.97 bits per heavy atom. The summed E-state index contributed by atoms with van der Waals surface area (Å²) in [5.41, 5.74) is 1.84. The molecular formula is C24H30FN7O. The fourth-order valence-corrected chi connectivity index (χ4v) is 4.40. The smallest absolute Gasteiger partial charge is 0.319 e. The van der Waals surface area contributed by atoms with E-state index in [2.05, 4.69) is 36.2 Å². The summed E-state index contributed by atoms with van der Waals surface area (Å²) in [4.78, 5) is 14.8. The van der Waals surface area contributed by atoms with Crippen molar-refractivity contribution in [1.29, 1.82) is 0 Å². The number of rotatable bonds is 8. The van der Waals surface area contributed by atoms with Gasteiger partial charge in [0, 0.05) is 24.3 Å². The van der Waals surface area contributed by atoms with E-state index in [1.165, 1.54) is 30.5 Å². The second-order valence-corrected chi connectivity index (χ2v) is 8.85. The predicted molar refractivity (Wildman–Crippen MR) is 124 cm³/mol. The normalized spacial score (nSPS) is 19.5. The molecule has 0 aliphatic carbocycles. The molecule has 0 radical (unpaired) electrons. The van der Waals surface area contributed by atoms with Crippen molar-refractivity contribution >= 4 is 11.7 Å². The van der Waals surface area contributed by atoms with Crippen LogP contribution < -0.4 is 10.6 Å². The van der Waals surface area contributed by atoms with Crippen molar-refractivity contribution in [3.63, 3.8) is 0 Å². The van der Waals surface area contributed by atoms with Crippen molar-refractivity contribution in [3.8, 4) is 0 Å². The molecule has 0 spiro atoms. The molecule has 2 N–H and O–H groups in total. The van der Waals surface area contributed by atoms with Crippen LogP contribution in [0.4, 0.5) is 14.9 Å². The molecule has 8 nitrogen and oxygen atoms in total. The van der Waals surface area contributed by atoms with Crippen LogP contribution in [0.3, 0.4) is 0 Å². The Balaban J connectivity index is 1.17. The van der Waals surface area contributed by atoms with E-state index in [0.717, 1.165) is 38.0 Å². The van der Waals surface area contributed by atoms with Crippen LogP contribution in [0.25, 0.3) is 0 Å². The van der Waals surface area contributed by atoms with Crippen LogP contribution in [0.2, 0.25) is 0 Å². The van der Waals surface area contributed by atoms with E-state index in [0.29, 0.717) is 18.2 Å². The van der Waals surface area contributed by atoms with Gasteiger partial charge in [-0.05, 0) is 91.9 Å². The molecule has 1 fully saturated rings. The van der Waals surface area contributed by atoms with E-state index in [1.807, 2.05) is 43.3 Å². The molecule has 2 amide bonds. The number of amides is 2. The van der Waals surface area contributed by atoms with E-state index in [-0.39, 0.29) is 11.8 Å². The SMILES string of the molecule is CC1(c2cccc(NC(=O)NCCCN3CCCC(Cc4ccc(F)cc4)C3)c2)N=NN=N1. The first-order chi connectivity index (χ1) is 16.0. The molecule has 2 aromatic rings. The number of hydrogen-bond donors (Lipinski definition) is 2. The molecule has 1 saturated heterocycles. The summed E-state index contributed by atoms with van der Waals surface area (Å²) in [5.74, 6) is 0.405. The van der Waals surface area contributed by atoms with Crippen LogP contribution >= 0.6 is 0 Å². The van der Waals surface area contributed by atoms with Crippen LogP contribution in [0.5, 0.6) is 0 Å². The minimum Gasteiger partial charge on any atom is -0.338 e. The summed E-state index contributed by atoms with van der Waals surface area (Å²) in [6.45, 7) is 5.50. The number of hydrogen-bond acceptors (Lipinski definition) is 6. The van der Waals surface area contributed by atoms with Crippen LogP contribution in [0, 0.1) is 11.7 Å². The van der Waals surface area contributed by atoms with Gasteiger partial charge in [-0.15, -0.1) is 10.2 Å². The Morgan fingerprint density at radius 1 is 1.18 bits per heavy atom. The zero-order chi connectivity index (χ0) is 23.1. The van der Waals surface area contributed by atoms with Crippen molar-refractivity contribution in [2.45, 2.75) is 38.3 Å². The lowest BCUT2D eigenvalue weighted by Gasteiger charge is -2.32. The number of piperidine rings is 1. The summed E-state index contributed by atoms with van der Waals surface area (Å²) in [6, 6.07) is 14.0. The summed E-state index contributed by atoms with van der Waals surface area (Å²) in [6.07, 6.45) is 4.25. The second-order valence-electron chi connectivity index (χ2n) is 8.85. The zero-order valence-corrected chi connectivity index (χ0v) is 18.9. The third-order valence-electron chi connectivity index (χ3n) is 6.16. The molecule has 174 valence electrons. The highest BCUT2D eigenvalue weighted by molar-refractivity contribution is 5.89. The average molecular weight is 452 g/mol. The minimum absolute atomic E-state index is 0.186. The molecule has 0 aromatic heterocycles. The average Bonchev–Trinajstić information content (AvgIpc) is 3.27. The predicted octanol–water partition coefficient (Wildman–Crippen LogP) is 5.30. The van der Waals surface area contributed by atoms with Crippen molar-refractivity contribution < 1.29 is 9.18 Å². The topological polar surface area (TPSA) is 93.8 Å². The third kappa shape index (κ3) is 6.41. The number of carbonyl (C=O) groups excluding carboxylic acids is 1. The molecule has 2 aliphatic rings. The third-order valence-corrected chi connectivity index (χ3v) is 6.16. The molecule has 2 heterocycles. The number of urea groups is 1. The van der Waals surface area contributed by atoms with Crippen LogP contribution in [-0.4, -0.2) is 37.1 Å². The molecule has 0 saturated carbocycles. The maximum atomic E-state index is 13.1. The van der Waals surface area contributed by atoms with Crippen molar-refractivity contribution in [3.05, 3.63) is 65.5 Å². The Kier molecular flexibility index (Phi) is 7.39. The largest absolute Gasteiger partial charge is 0.338 e. The van der Waals surface area contributed by atoms with Gasteiger partial charge in [0.25, 0.3) is 0 Å². The van der Waals surface area contributed by atoms with Gasteiger partial charge in [0.05, 0.1) is 0 Å². The molecular weight excluding hydrogens is 421 g/mol. The highest BCUT2D eigenvalue weighted by atomic mass is 19.1. The van der Waals surface area contributed by atoms with Crippen molar-refractivity contribution in [2.75, 3.05) is 31.5 Å². The first kappa shape index (κ1) is 23.0. The summed E-state index contributed by atoms with van der Waals surface area (Å²) in [7, 11) is 0. The van der Waals surface area contributed by atoms with Gasteiger partial charge in [-0.2, -0.15) is 0 Å². The maximum Gasteiger partial charge on any atom is 0.319 e. The molecule has 0 bridgehead atoms. The summed E-state index contributed by atoms with van der Waals surface area (Å²) in [5, 5.41) is 21.0. The Morgan fingerprint density at radius 3 is 2.76 bits per heavy atom. The number of nitrogens with zero attached hydrogens (tertiary/aromatic N) is 5. The molecule has 1 atom stereocenters. The fraction of sp³-hybridized carbons (Fsp3) is 0.458. The standard InChI is InChI=1S/C24H30FN7O/c1-24(28-30-31-29-24)20-6-2-7-22(16-20)27-23(33)26-12-4-14-32-13-3-5-19(17-32)15-18-8-10-21(25)11-9-18/h2,6-11,16,19H,3-5,12-15,17H2,1H3,(H2,26,27,33). The lowest BCUT2D eigenvalue weighted by Crippen LogP contribution is -2.38. The number of anilines is 1. The van der Waals surface area contributed by atoms with Crippen LogP contribution in [0.1, 0.15) is 37.3 Å². The van der Waals surface area contributed by atoms with Gasteiger partial charge < -0.3 is 15.5 Å². The molecule has 2 aliphatic heterocycles. The van der Waals surface area contributed by atoms with Gasteiger partial charge in [0.1, 0.15) is 5.82 Å². The molecule has 4 rings (SSSR count). The van der Waals surface area contributed by atoms with Gasteiger partial charge in [-0.25, -0.2) is 9.18 Å². The first-order valence-corrected chi connectivity index (χ1v) is 11.5. The van der Waals surface area contributed by atoms with E-state index in [1.54, 1.807) is 0 Å². The van der Waals surface area contributed by atoms with Crippen molar-refractivity contribution in [1.82, 2.24) is 10.2 Å². The van der Waals surface area contributed by atoms with Crippen LogP contribution in [0.15, 0.2) is 69.2 Å². The van der Waals surface area contributed by atoms with Crippen LogP contribution in [-0.2, 0) is 12.1 Å². The number of carbonyl (C=O) groups is 1. The summed E-state index contributed by atoms with van der Waals surface area (Å²) >= 11 is 0. The number of benzene rings is 2. The van der Waals surface area contributed by atoms with E-state index < -0.39 is 5.66 Å². The van der Waals surface area contributed by atoms with E-state index in [4.69, 9.17) is 0 Å². The highest BCUT2D eigenvalue weighted by Crippen LogP contribution is 2.32. The maximum absolute atomic E-state index is 13.1. The molecule has 2 aromatic carbocycles. The monoisotopic (exact) mass is 451 g/mol. The Hall–Kier alpha value is -3.20. The summed E-state index contributed by atoms with van der Waals surface area (Å²) < 4.78 is 13.1. The van der Waals surface area contributed by atoms with Crippen molar-refractivity contribution in [2.24, 2.45) is 26.6 Å². The molecule has 1 unspecified atom stereocenters. The lowest BCUT2D eigenvalue weighted by molar-refractivity contribution is 0.172. The minimum atomic E-state index is -0.836.